The van der Waals surface area contributed by atoms with Crippen LogP contribution >= 0.6 is 11.3 Å². The summed E-state index contributed by atoms with van der Waals surface area (Å²) in [6.45, 7) is 8.26. The number of aryl methyl sites for hydroxylation is 2. The summed E-state index contributed by atoms with van der Waals surface area (Å²) in [5.41, 5.74) is 10.5. The van der Waals surface area contributed by atoms with Gasteiger partial charge >= 0.3 is 0 Å². The van der Waals surface area contributed by atoms with Crippen molar-refractivity contribution in [2.75, 3.05) is 12.3 Å². The summed E-state index contributed by atoms with van der Waals surface area (Å²) in [7, 11) is 0. The van der Waals surface area contributed by atoms with Gasteiger partial charge in [0.05, 0.1) is 5.69 Å². The number of thiophene rings is 1. The number of nitrogens with one attached hydrogen (secondary N) is 1. The van der Waals surface area contributed by atoms with Crippen LogP contribution in [-0.4, -0.2) is 16.5 Å². The molecule has 3 rings (SSSR count). The molecule has 0 spiro atoms. The fourth-order valence-electron chi connectivity index (χ4n) is 2.75. The minimum absolute atomic E-state index is 0.336. The quantitative estimate of drug-likeness (QED) is 0.694. The van der Waals surface area contributed by atoms with E-state index in [0.29, 0.717) is 5.95 Å². The van der Waals surface area contributed by atoms with E-state index in [2.05, 4.69) is 60.3 Å². The van der Waals surface area contributed by atoms with E-state index in [0.717, 1.165) is 41.0 Å². The first-order valence-electron chi connectivity index (χ1n) is 7.92. The van der Waals surface area contributed by atoms with E-state index < -0.39 is 0 Å². The molecular weight excluding hydrogens is 304 g/mol. The Morgan fingerprint density at radius 1 is 1.17 bits per heavy atom. The van der Waals surface area contributed by atoms with Crippen molar-refractivity contribution in [2.24, 2.45) is 0 Å². The van der Waals surface area contributed by atoms with Crippen LogP contribution in [0.5, 0.6) is 0 Å². The van der Waals surface area contributed by atoms with Crippen LogP contribution in [0.25, 0.3) is 21.5 Å². The van der Waals surface area contributed by atoms with Gasteiger partial charge in [0.15, 0.2) is 0 Å². The number of hydrogen-bond donors (Lipinski definition) is 2. The maximum atomic E-state index is 5.94. The highest BCUT2D eigenvalue weighted by Gasteiger charge is 2.14. The van der Waals surface area contributed by atoms with E-state index in [1.807, 2.05) is 0 Å². The third-order valence-corrected chi connectivity index (χ3v) is 4.85. The van der Waals surface area contributed by atoms with Crippen molar-refractivity contribution in [3.05, 3.63) is 40.3 Å². The topological polar surface area (TPSA) is 63.8 Å². The lowest BCUT2D eigenvalue weighted by Gasteiger charge is -2.08. The van der Waals surface area contributed by atoms with Crippen molar-refractivity contribution in [2.45, 2.75) is 33.7 Å². The summed E-state index contributed by atoms with van der Waals surface area (Å²) in [5, 5.41) is 4.52. The SMILES string of the molecule is CCCNCc1cc2c(-c3ccc(C)cc3C)nc(N)nc2s1. The molecule has 0 radical (unpaired) electrons. The van der Waals surface area contributed by atoms with Gasteiger partial charge in [-0.1, -0.05) is 30.7 Å². The van der Waals surface area contributed by atoms with Gasteiger partial charge in [0.25, 0.3) is 0 Å². The molecule has 0 unspecified atom stereocenters. The molecule has 0 amide bonds. The van der Waals surface area contributed by atoms with Crippen LogP contribution in [-0.2, 0) is 6.54 Å². The van der Waals surface area contributed by atoms with Gasteiger partial charge in [0.1, 0.15) is 4.83 Å². The summed E-state index contributed by atoms with van der Waals surface area (Å²) >= 11 is 1.69. The van der Waals surface area contributed by atoms with Crippen molar-refractivity contribution in [3.8, 4) is 11.3 Å². The first kappa shape index (κ1) is 15.9. The Balaban J connectivity index is 2.08. The Morgan fingerprint density at radius 3 is 2.74 bits per heavy atom. The van der Waals surface area contributed by atoms with E-state index in [1.165, 1.54) is 16.0 Å². The summed E-state index contributed by atoms with van der Waals surface area (Å²) < 4.78 is 0. The number of rotatable bonds is 5. The normalized spacial score (nSPS) is 11.3. The largest absolute Gasteiger partial charge is 0.368 e. The monoisotopic (exact) mass is 326 g/mol. The lowest BCUT2D eigenvalue weighted by molar-refractivity contribution is 0.682. The van der Waals surface area contributed by atoms with Gasteiger partial charge in [-0.2, -0.15) is 0 Å². The van der Waals surface area contributed by atoms with Crippen molar-refractivity contribution >= 4 is 27.5 Å². The number of hydrogen-bond acceptors (Lipinski definition) is 5. The minimum Gasteiger partial charge on any atom is -0.368 e. The summed E-state index contributed by atoms with van der Waals surface area (Å²) in [6.07, 6.45) is 1.13. The van der Waals surface area contributed by atoms with Crippen LogP contribution in [0.3, 0.4) is 0 Å². The predicted octanol–water partition coefficient (Wildman–Crippen LogP) is 4.06. The molecule has 4 nitrogen and oxygen atoms in total. The molecule has 5 heteroatoms. The van der Waals surface area contributed by atoms with Gasteiger partial charge in [-0.05, 0) is 38.4 Å². The second-order valence-corrected chi connectivity index (χ2v) is 6.97. The molecule has 3 aromatic rings. The summed E-state index contributed by atoms with van der Waals surface area (Å²) in [6, 6.07) is 8.60. The number of nitrogens with zero attached hydrogens (tertiary/aromatic N) is 2. The zero-order valence-electron chi connectivity index (χ0n) is 13.8. The molecule has 0 saturated heterocycles. The zero-order valence-corrected chi connectivity index (χ0v) is 14.6. The van der Waals surface area contributed by atoms with Crippen molar-refractivity contribution in [1.82, 2.24) is 15.3 Å². The van der Waals surface area contributed by atoms with Gasteiger partial charge in [-0.15, -0.1) is 11.3 Å². The third-order valence-electron chi connectivity index (χ3n) is 3.82. The maximum absolute atomic E-state index is 5.94. The van der Waals surface area contributed by atoms with Crippen LogP contribution in [0.1, 0.15) is 29.3 Å². The molecule has 0 bridgehead atoms. The van der Waals surface area contributed by atoms with Gasteiger partial charge in [-0.3, -0.25) is 0 Å². The van der Waals surface area contributed by atoms with Crippen LogP contribution in [0, 0.1) is 13.8 Å². The van der Waals surface area contributed by atoms with E-state index in [4.69, 9.17) is 5.73 Å². The maximum Gasteiger partial charge on any atom is 0.221 e. The molecule has 0 atom stereocenters. The number of anilines is 1. The van der Waals surface area contributed by atoms with Crippen molar-refractivity contribution in [1.29, 1.82) is 0 Å². The van der Waals surface area contributed by atoms with Crippen LogP contribution in [0.15, 0.2) is 24.3 Å². The van der Waals surface area contributed by atoms with Crippen LogP contribution in [0.4, 0.5) is 5.95 Å². The molecule has 3 N–H and O–H groups in total. The van der Waals surface area contributed by atoms with Gasteiger partial charge in [0, 0.05) is 22.4 Å². The molecular formula is C18H22N4S. The molecule has 2 heterocycles. The van der Waals surface area contributed by atoms with Gasteiger partial charge in [-0.25, -0.2) is 9.97 Å². The number of nitrogens with two attached hydrogens (primary N) is 1. The fourth-order valence-corrected chi connectivity index (χ4v) is 3.75. The molecule has 120 valence electrons. The molecule has 0 fully saturated rings. The molecule has 1 aromatic carbocycles. The zero-order chi connectivity index (χ0) is 16.4. The third kappa shape index (κ3) is 3.35. The molecule has 0 saturated carbocycles. The molecule has 0 aliphatic rings. The second-order valence-electron chi connectivity index (χ2n) is 5.86. The minimum atomic E-state index is 0.336. The van der Waals surface area contributed by atoms with E-state index in [9.17, 15) is 0 Å². The number of benzene rings is 1. The first-order chi connectivity index (χ1) is 11.1. The Labute approximate surface area is 140 Å². The van der Waals surface area contributed by atoms with E-state index in [-0.39, 0.29) is 0 Å². The molecule has 2 aromatic heterocycles. The lowest BCUT2D eigenvalue weighted by atomic mass is 10.0. The van der Waals surface area contributed by atoms with Crippen LogP contribution in [0.2, 0.25) is 0 Å². The van der Waals surface area contributed by atoms with E-state index in [1.54, 1.807) is 11.3 Å². The molecule has 0 aliphatic carbocycles. The van der Waals surface area contributed by atoms with Gasteiger partial charge in [0.2, 0.25) is 5.95 Å². The van der Waals surface area contributed by atoms with Crippen molar-refractivity contribution in [3.63, 3.8) is 0 Å². The Hall–Kier alpha value is -1.98. The predicted molar refractivity (Wildman–Crippen MR) is 98.7 cm³/mol. The highest BCUT2D eigenvalue weighted by Crippen LogP contribution is 2.34. The lowest BCUT2D eigenvalue weighted by Crippen LogP contribution is -2.12. The number of fused-ring (bicyclic) bond motifs is 1. The fraction of sp³-hybridized carbons (Fsp3) is 0.333. The van der Waals surface area contributed by atoms with Crippen LogP contribution < -0.4 is 11.1 Å². The molecule has 0 aliphatic heterocycles. The Morgan fingerprint density at radius 2 is 2.00 bits per heavy atom. The smallest absolute Gasteiger partial charge is 0.221 e. The number of aromatic nitrogens is 2. The summed E-state index contributed by atoms with van der Waals surface area (Å²) in [5.74, 6) is 0.336. The standard InChI is InChI=1S/C18H22N4S/c1-4-7-20-10-13-9-15-16(21-18(19)22-17(15)23-13)14-6-5-11(2)8-12(14)3/h5-6,8-9,20H,4,7,10H2,1-3H3,(H2,19,21,22). The van der Waals surface area contributed by atoms with Crippen molar-refractivity contribution < 1.29 is 0 Å². The average Bonchev–Trinajstić information content (AvgIpc) is 2.89. The Kier molecular flexibility index (Phi) is 4.59. The van der Waals surface area contributed by atoms with E-state index >= 15 is 0 Å². The number of nitrogen functional groups attached to an aromatic ring is 1. The highest BCUT2D eigenvalue weighted by molar-refractivity contribution is 7.18. The molecule has 23 heavy (non-hydrogen) atoms. The Bertz CT molecular complexity index is 838. The average molecular weight is 326 g/mol. The highest BCUT2D eigenvalue weighted by atomic mass is 32.1. The summed E-state index contributed by atoms with van der Waals surface area (Å²) in [4.78, 5) is 11.2. The van der Waals surface area contributed by atoms with Gasteiger partial charge < -0.3 is 11.1 Å². The second kappa shape index (κ2) is 6.64. The first-order valence-corrected chi connectivity index (χ1v) is 8.74.